The molecule has 1 aliphatic rings. The molecule has 2 heterocycles. The van der Waals surface area contributed by atoms with Gasteiger partial charge in [0.2, 0.25) is 11.9 Å². The van der Waals surface area contributed by atoms with Gasteiger partial charge in [-0.3, -0.25) is 4.79 Å². The van der Waals surface area contributed by atoms with E-state index in [9.17, 15) is 4.79 Å². The number of aromatic nitrogens is 2. The summed E-state index contributed by atoms with van der Waals surface area (Å²) in [7, 11) is 1.83. The summed E-state index contributed by atoms with van der Waals surface area (Å²) in [5.41, 5.74) is 0. The number of nitrogens with one attached hydrogen (secondary N) is 2. The third-order valence-corrected chi connectivity index (χ3v) is 5.14. The fourth-order valence-electron chi connectivity index (χ4n) is 3.42. The van der Waals surface area contributed by atoms with Crippen LogP contribution in [-0.4, -0.2) is 67.1 Å². The summed E-state index contributed by atoms with van der Waals surface area (Å²) in [6.45, 7) is 10.2. The van der Waals surface area contributed by atoms with E-state index in [0.717, 1.165) is 64.3 Å². The number of nitrogens with zero attached hydrogens (tertiary/aromatic N) is 4. The van der Waals surface area contributed by atoms with Crippen LogP contribution in [0.15, 0.2) is 12.3 Å². The van der Waals surface area contributed by atoms with Gasteiger partial charge in [0, 0.05) is 39.3 Å². The Labute approximate surface area is 157 Å². The zero-order valence-electron chi connectivity index (χ0n) is 16.5. The summed E-state index contributed by atoms with van der Waals surface area (Å²) in [5, 5.41) is 6.06. The largest absolute Gasteiger partial charge is 0.357 e. The van der Waals surface area contributed by atoms with E-state index in [0.29, 0.717) is 18.3 Å². The molecule has 0 aliphatic carbocycles. The molecule has 2 rings (SSSR count). The maximum absolute atomic E-state index is 12.2. The molecule has 1 aromatic rings. The van der Waals surface area contributed by atoms with Crippen molar-refractivity contribution in [2.75, 3.05) is 56.5 Å². The highest BCUT2D eigenvalue weighted by Crippen LogP contribution is 2.24. The van der Waals surface area contributed by atoms with Gasteiger partial charge in [0.25, 0.3) is 0 Å². The van der Waals surface area contributed by atoms with Crippen molar-refractivity contribution < 1.29 is 4.79 Å². The number of carbonyl (C=O) groups is 1. The zero-order chi connectivity index (χ0) is 18.8. The second-order valence-corrected chi connectivity index (χ2v) is 6.85. The lowest BCUT2D eigenvalue weighted by atomic mass is 9.93. The Bertz CT molecular complexity index is 541. The van der Waals surface area contributed by atoms with Crippen molar-refractivity contribution in [2.24, 2.45) is 5.92 Å². The topological polar surface area (TPSA) is 73.4 Å². The van der Waals surface area contributed by atoms with Gasteiger partial charge in [-0.1, -0.05) is 13.8 Å². The standard InChI is InChI=1S/C19H34N6O/c1-4-24(5-2)12-6-10-21-18(26)15-16-8-13-25(14-9-16)17-7-11-22-19(20-3)23-17/h7,11,16H,4-6,8-10,12-15H2,1-3H3,(H,21,26)(H,20,22,23). The first-order chi connectivity index (χ1) is 12.7. The lowest BCUT2D eigenvalue weighted by Crippen LogP contribution is -2.37. The molecule has 7 heteroatoms. The van der Waals surface area contributed by atoms with Crippen molar-refractivity contribution in [3.05, 3.63) is 12.3 Å². The van der Waals surface area contributed by atoms with Gasteiger partial charge in [-0.05, 0) is 50.9 Å². The molecule has 1 aliphatic heterocycles. The maximum atomic E-state index is 12.2. The molecule has 0 radical (unpaired) electrons. The van der Waals surface area contributed by atoms with Crippen LogP contribution in [0.25, 0.3) is 0 Å². The van der Waals surface area contributed by atoms with Gasteiger partial charge in [-0.2, -0.15) is 4.98 Å². The van der Waals surface area contributed by atoms with Crippen LogP contribution in [0.5, 0.6) is 0 Å². The van der Waals surface area contributed by atoms with Crippen LogP contribution in [-0.2, 0) is 4.79 Å². The van der Waals surface area contributed by atoms with Crippen LogP contribution in [0.2, 0.25) is 0 Å². The van der Waals surface area contributed by atoms with Gasteiger partial charge < -0.3 is 20.4 Å². The molecule has 1 saturated heterocycles. The SMILES string of the molecule is CCN(CC)CCCNC(=O)CC1CCN(c2ccnc(NC)n2)CC1. The summed E-state index contributed by atoms with van der Waals surface area (Å²) in [4.78, 5) is 25.5. The van der Waals surface area contributed by atoms with Crippen molar-refractivity contribution >= 4 is 17.7 Å². The predicted octanol–water partition coefficient (Wildman–Crippen LogP) is 1.97. The Morgan fingerprint density at radius 1 is 1.31 bits per heavy atom. The Kier molecular flexibility index (Phi) is 8.61. The van der Waals surface area contributed by atoms with Crippen molar-refractivity contribution in [1.82, 2.24) is 20.2 Å². The zero-order valence-corrected chi connectivity index (χ0v) is 16.5. The molecule has 0 saturated carbocycles. The minimum atomic E-state index is 0.197. The maximum Gasteiger partial charge on any atom is 0.224 e. The Morgan fingerprint density at radius 2 is 2.04 bits per heavy atom. The average molecular weight is 363 g/mol. The third-order valence-electron chi connectivity index (χ3n) is 5.14. The van der Waals surface area contributed by atoms with Crippen molar-refractivity contribution in [3.8, 4) is 0 Å². The molecular weight excluding hydrogens is 328 g/mol. The lowest BCUT2D eigenvalue weighted by Gasteiger charge is -2.32. The van der Waals surface area contributed by atoms with E-state index in [1.54, 1.807) is 6.20 Å². The molecule has 0 spiro atoms. The van der Waals surface area contributed by atoms with E-state index >= 15 is 0 Å². The highest BCUT2D eigenvalue weighted by atomic mass is 16.1. The first-order valence-electron chi connectivity index (χ1n) is 9.91. The van der Waals surface area contributed by atoms with E-state index in [1.807, 2.05) is 13.1 Å². The number of amides is 1. The number of anilines is 2. The molecule has 2 N–H and O–H groups in total. The molecule has 1 aromatic heterocycles. The number of rotatable bonds is 10. The van der Waals surface area contributed by atoms with Crippen LogP contribution in [0.1, 0.15) is 39.5 Å². The van der Waals surface area contributed by atoms with Crippen LogP contribution in [0.3, 0.4) is 0 Å². The fourth-order valence-corrected chi connectivity index (χ4v) is 3.42. The van der Waals surface area contributed by atoms with Crippen LogP contribution < -0.4 is 15.5 Å². The quantitative estimate of drug-likeness (QED) is 0.620. The monoisotopic (exact) mass is 362 g/mol. The van der Waals surface area contributed by atoms with Crippen LogP contribution in [0, 0.1) is 5.92 Å². The van der Waals surface area contributed by atoms with Gasteiger partial charge in [-0.25, -0.2) is 4.98 Å². The number of carbonyl (C=O) groups excluding carboxylic acids is 1. The molecule has 7 nitrogen and oxygen atoms in total. The Balaban J connectivity index is 1.65. The number of hydrogen-bond donors (Lipinski definition) is 2. The normalized spacial score (nSPS) is 15.3. The Hall–Kier alpha value is -1.89. The highest BCUT2D eigenvalue weighted by Gasteiger charge is 2.22. The van der Waals surface area contributed by atoms with E-state index < -0.39 is 0 Å². The fraction of sp³-hybridized carbons (Fsp3) is 0.737. The Morgan fingerprint density at radius 3 is 2.69 bits per heavy atom. The highest BCUT2D eigenvalue weighted by molar-refractivity contribution is 5.76. The molecule has 146 valence electrons. The minimum Gasteiger partial charge on any atom is -0.357 e. The van der Waals surface area contributed by atoms with Crippen LogP contribution in [0.4, 0.5) is 11.8 Å². The van der Waals surface area contributed by atoms with Gasteiger partial charge >= 0.3 is 0 Å². The van der Waals surface area contributed by atoms with Gasteiger partial charge in [-0.15, -0.1) is 0 Å². The molecule has 0 aromatic carbocycles. The van der Waals surface area contributed by atoms with Crippen molar-refractivity contribution in [3.63, 3.8) is 0 Å². The average Bonchev–Trinajstić information content (AvgIpc) is 2.68. The van der Waals surface area contributed by atoms with Crippen molar-refractivity contribution in [1.29, 1.82) is 0 Å². The second kappa shape index (κ2) is 11.0. The molecule has 1 amide bonds. The lowest BCUT2D eigenvalue weighted by molar-refractivity contribution is -0.122. The van der Waals surface area contributed by atoms with Crippen molar-refractivity contribution in [2.45, 2.75) is 39.5 Å². The van der Waals surface area contributed by atoms with Gasteiger partial charge in [0.15, 0.2) is 0 Å². The second-order valence-electron chi connectivity index (χ2n) is 6.85. The predicted molar refractivity (Wildman–Crippen MR) is 107 cm³/mol. The molecule has 0 atom stereocenters. The summed E-state index contributed by atoms with van der Waals surface area (Å²) >= 11 is 0. The molecule has 26 heavy (non-hydrogen) atoms. The van der Waals surface area contributed by atoms with Gasteiger partial charge in [0.05, 0.1) is 0 Å². The number of piperidine rings is 1. The van der Waals surface area contributed by atoms with Gasteiger partial charge in [0.1, 0.15) is 5.82 Å². The molecule has 0 bridgehead atoms. The summed E-state index contributed by atoms with van der Waals surface area (Å²) in [6.07, 6.45) is 5.52. The summed E-state index contributed by atoms with van der Waals surface area (Å²) < 4.78 is 0. The third kappa shape index (κ3) is 6.44. The smallest absolute Gasteiger partial charge is 0.224 e. The molecular formula is C19H34N6O. The first kappa shape index (κ1) is 20.4. The van der Waals surface area contributed by atoms with E-state index in [-0.39, 0.29) is 5.91 Å². The number of hydrogen-bond acceptors (Lipinski definition) is 6. The van der Waals surface area contributed by atoms with E-state index in [1.165, 1.54) is 0 Å². The summed E-state index contributed by atoms with van der Waals surface area (Å²) in [5.74, 6) is 2.28. The van der Waals surface area contributed by atoms with Crippen LogP contribution >= 0.6 is 0 Å². The molecule has 1 fully saturated rings. The van der Waals surface area contributed by atoms with E-state index in [4.69, 9.17) is 0 Å². The summed E-state index contributed by atoms with van der Waals surface area (Å²) in [6, 6.07) is 1.95. The first-order valence-corrected chi connectivity index (χ1v) is 9.91. The minimum absolute atomic E-state index is 0.197. The van der Waals surface area contributed by atoms with E-state index in [2.05, 4.69) is 44.2 Å². The molecule has 0 unspecified atom stereocenters.